The number of hydrogen-bond donors (Lipinski definition) is 1. The Hall–Kier alpha value is -2.82. The first-order valence-electron chi connectivity index (χ1n) is 10.9. The summed E-state index contributed by atoms with van der Waals surface area (Å²) in [5.41, 5.74) is 4.52. The van der Waals surface area contributed by atoms with Gasteiger partial charge in [0.25, 0.3) is 0 Å². The Morgan fingerprint density at radius 2 is 1.70 bits per heavy atom. The van der Waals surface area contributed by atoms with E-state index >= 15 is 0 Å². The smallest absolute Gasteiger partial charge is 0.240 e. The minimum atomic E-state index is -0.0467. The van der Waals surface area contributed by atoms with Gasteiger partial charge in [0.15, 0.2) is 11.5 Å². The van der Waals surface area contributed by atoms with Crippen LogP contribution in [0.3, 0.4) is 0 Å². The highest BCUT2D eigenvalue weighted by atomic mass is 16.5. The third kappa shape index (κ3) is 9.12. The molecule has 0 heterocycles. The molecule has 2 rings (SSSR count). The molecule has 0 radical (unpaired) electrons. The van der Waals surface area contributed by atoms with Crippen LogP contribution >= 0.6 is 0 Å². The van der Waals surface area contributed by atoms with E-state index in [4.69, 9.17) is 9.47 Å². The van der Waals surface area contributed by atoms with Gasteiger partial charge in [0.1, 0.15) is 6.61 Å². The molecule has 30 heavy (non-hydrogen) atoms. The monoisotopic (exact) mass is 410 g/mol. The number of amides is 1. The van der Waals surface area contributed by atoms with E-state index in [2.05, 4.69) is 17.5 Å². The zero-order chi connectivity index (χ0) is 21.4. The van der Waals surface area contributed by atoms with Crippen LogP contribution in [0.1, 0.15) is 69.4 Å². The van der Waals surface area contributed by atoms with Crippen molar-refractivity contribution in [3.8, 4) is 11.5 Å². The molecule has 162 valence electrons. The minimum absolute atomic E-state index is 0.0467. The molecule has 5 heteroatoms. The van der Waals surface area contributed by atoms with Crippen LogP contribution in [0, 0.1) is 0 Å². The third-order valence-electron chi connectivity index (χ3n) is 4.84. The van der Waals surface area contributed by atoms with Crippen molar-refractivity contribution in [3.63, 3.8) is 0 Å². The van der Waals surface area contributed by atoms with Crippen LogP contribution in [0.4, 0.5) is 0 Å². The quantitative estimate of drug-likeness (QED) is 0.241. The van der Waals surface area contributed by atoms with Crippen LogP contribution in [0.25, 0.3) is 0 Å². The molecular formula is C25H34N2O3. The fraction of sp³-hybridized carbons (Fsp3) is 0.440. The minimum Gasteiger partial charge on any atom is -0.493 e. The van der Waals surface area contributed by atoms with Gasteiger partial charge in [-0.25, -0.2) is 5.43 Å². The highest BCUT2D eigenvalue weighted by Gasteiger charge is 2.06. The summed E-state index contributed by atoms with van der Waals surface area (Å²) < 4.78 is 11.3. The van der Waals surface area contributed by atoms with Crippen molar-refractivity contribution < 1.29 is 14.3 Å². The van der Waals surface area contributed by atoms with Gasteiger partial charge >= 0.3 is 0 Å². The summed E-state index contributed by atoms with van der Waals surface area (Å²) in [5.74, 6) is 1.25. The Morgan fingerprint density at radius 3 is 2.43 bits per heavy atom. The largest absolute Gasteiger partial charge is 0.493 e. The molecular weight excluding hydrogens is 376 g/mol. The normalized spacial score (nSPS) is 10.9. The Bertz CT molecular complexity index is 775. The number of ether oxygens (including phenoxy) is 2. The molecule has 0 aromatic heterocycles. The van der Waals surface area contributed by atoms with Gasteiger partial charge in [-0.15, -0.1) is 0 Å². The van der Waals surface area contributed by atoms with Crippen LogP contribution in [0.5, 0.6) is 11.5 Å². The van der Waals surface area contributed by atoms with E-state index in [9.17, 15) is 4.79 Å². The second-order valence-corrected chi connectivity index (χ2v) is 7.35. The predicted molar refractivity (Wildman–Crippen MR) is 122 cm³/mol. The highest BCUT2D eigenvalue weighted by Crippen LogP contribution is 2.28. The molecule has 2 aromatic rings. The molecule has 1 amide bonds. The second-order valence-electron chi connectivity index (χ2n) is 7.35. The molecule has 1 N–H and O–H groups in total. The van der Waals surface area contributed by atoms with E-state index < -0.39 is 0 Å². The van der Waals surface area contributed by atoms with Crippen molar-refractivity contribution in [3.05, 3.63) is 59.7 Å². The maximum Gasteiger partial charge on any atom is 0.240 e. The summed E-state index contributed by atoms with van der Waals surface area (Å²) in [7, 11) is 1.61. The van der Waals surface area contributed by atoms with Gasteiger partial charge in [0.2, 0.25) is 5.91 Å². The molecule has 0 bridgehead atoms. The number of hydrazone groups is 1. The maximum absolute atomic E-state index is 11.9. The average Bonchev–Trinajstić information content (AvgIpc) is 2.78. The number of unbranched alkanes of at least 4 members (excludes halogenated alkanes) is 6. The van der Waals surface area contributed by atoms with E-state index in [1.54, 1.807) is 13.3 Å². The van der Waals surface area contributed by atoms with Crippen LogP contribution in [-0.4, -0.2) is 19.2 Å². The van der Waals surface area contributed by atoms with Crippen LogP contribution in [0.2, 0.25) is 0 Å². The fourth-order valence-corrected chi connectivity index (χ4v) is 3.10. The van der Waals surface area contributed by atoms with Crippen molar-refractivity contribution in [1.29, 1.82) is 0 Å². The van der Waals surface area contributed by atoms with Gasteiger partial charge in [-0.1, -0.05) is 75.8 Å². The lowest BCUT2D eigenvalue weighted by Gasteiger charge is -2.11. The second kappa shape index (κ2) is 14.2. The summed E-state index contributed by atoms with van der Waals surface area (Å²) in [5, 5.41) is 4.06. The number of carbonyl (C=O) groups is 1. The summed E-state index contributed by atoms with van der Waals surface area (Å²) >= 11 is 0. The van der Waals surface area contributed by atoms with Gasteiger partial charge in [0, 0.05) is 6.42 Å². The van der Waals surface area contributed by atoms with Gasteiger partial charge in [-0.3, -0.25) is 4.79 Å². The zero-order valence-corrected chi connectivity index (χ0v) is 18.2. The maximum atomic E-state index is 11.9. The van der Waals surface area contributed by atoms with Gasteiger partial charge < -0.3 is 9.47 Å². The molecule has 0 aliphatic carbocycles. The molecule has 5 nitrogen and oxygen atoms in total. The first-order chi connectivity index (χ1) is 14.7. The van der Waals surface area contributed by atoms with Gasteiger partial charge in [0.05, 0.1) is 13.3 Å². The Morgan fingerprint density at radius 1 is 0.967 bits per heavy atom. The van der Waals surface area contributed by atoms with Crippen LogP contribution < -0.4 is 14.9 Å². The molecule has 0 saturated heterocycles. The number of nitrogens with one attached hydrogen (secondary N) is 1. The van der Waals surface area contributed by atoms with Crippen molar-refractivity contribution in [1.82, 2.24) is 5.43 Å². The number of carbonyl (C=O) groups excluding carboxylic acids is 1. The SMILES string of the molecule is CCCCCCCCCC(=O)NN=Cc1ccc(OCc2ccccc2)c(OC)c1. The van der Waals surface area contributed by atoms with E-state index in [0.29, 0.717) is 24.5 Å². The molecule has 0 aliphatic rings. The lowest BCUT2D eigenvalue weighted by atomic mass is 10.1. The number of hydrogen-bond acceptors (Lipinski definition) is 4. The zero-order valence-electron chi connectivity index (χ0n) is 18.2. The summed E-state index contributed by atoms with van der Waals surface area (Å²) in [4.78, 5) is 11.9. The highest BCUT2D eigenvalue weighted by molar-refractivity contribution is 5.83. The Balaban J connectivity index is 1.73. The first-order valence-corrected chi connectivity index (χ1v) is 10.9. The molecule has 0 aliphatic heterocycles. The third-order valence-corrected chi connectivity index (χ3v) is 4.84. The molecule has 0 saturated carbocycles. The fourth-order valence-electron chi connectivity index (χ4n) is 3.10. The van der Waals surface area contributed by atoms with Gasteiger partial charge in [-0.2, -0.15) is 5.10 Å². The van der Waals surface area contributed by atoms with Crippen LogP contribution in [-0.2, 0) is 11.4 Å². The predicted octanol–water partition coefficient (Wildman–Crippen LogP) is 5.87. The van der Waals surface area contributed by atoms with Crippen molar-refractivity contribution in [2.24, 2.45) is 5.10 Å². The number of methoxy groups -OCH3 is 1. The van der Waals surface area contributed by atoms with Gasteiger partial charge in [-0.05, 0) is 35.7 Å². The van der Waals surface area contributed by atoms with Crippen molar-refractivity contribution in [2.45, 2.75) is 64.9 Å². The number of nitrogens with zero attached hydrogens (tertiary/aromatic N) is 1. The topological polar surface area (TPSA) is 59.9 Å². The molecule has 0 atom stereocenters. The summed E-state index contributed by atoms with van der Waals surface area (Å²) in [6, 6.07) is 15.6. The lowest BCUT2D eigenvalue weighted by Crippen LogP contribution is -2.16. The number of rotatable bonds is 14. The van der Waals surface area contributed by atoms with Crippen molar-refractivity contribution in [2.75, 3.05) is 7.11 Å². The van der Waals surface area contributed by atoms with Crippen molar-refractivity contribution >= 4 is 12.1 Å². The molecule has 2 aromatic carbocycles. The number of benzene rings is 2. The standard InChI is InChI=1S/C25H34N2O3/c1-3-4-5-6-7-8-12-15-25(28)27-26-19-22-16-17-23(24(18-22)29-2)30-20-21-13-10-9-11-14-21/h9-11,13-14,16-19H,3-8,12,15,20H2,1-2H3,(H,27,28). The van der Waals surface area contributed by atoms with E-state index in [0.717, 1.165) is 24.0 Å². The first kappa shape index (κ1) is 23.5. The van der Waals surface area contributed by atoms with E-state index in [1.165, 1.54) is 32.1 Å². The Labute approximate surface area is 180 Å². The molecule has 0 spiro atoms. The van der Waals surface area contributed by atoms with E-state index in [-0.39, 0.29) is 5.91 Å². The summed E-state index contributed by atoms with van der Waals surface area (Å²) in [6.45, 7) is 2.69. The van der Waals surface area contributed by atoms with Crippen LogP contribution in [0.15, 0.2) is 53.6 Å². The average molecular weight is 411 g/mol. The molecule has 0 unspecified atom stereocenters. The summed E-state index contributed by atoms with van der Waals surface area (Å²) in [6.07, 6.45) is 10.5. The molecule has 0 fully saturated rings. The van der Waals surface area contributed by atoms with E-state index in [1.807, 2.05) is 48.5 Å². The lowest BCUT2D eigenvalue weighted by molar-refractivity contribution is -0.121. The Kier molecular flexibility index (Phi) is 11.1.